The van der Waals surface area contributed by atoms with Crippen LogP contribution in [0.5, 0.6) is 0 Å². The molecule has 1 N–H and O–H groups in total. The van der Waals surface area contributed by atoms with Gasteiger partial charge in [0.15, 0.2) is 0 Å². The molecule has 124 valence electrons. The van der Waals surface area contributed by atoms with Crippen LogP contribution >= 0.6 is 0 Å². The number of rotatable bonds is 6. The van der Waals surface area contributed by atoms with Crippen molar-refractivity contribution in [3.8, 4) is 0 Å². The molecule has 1 aliphatic carbocycles. The molecule has 0 aromatic carbocycles. The van der Waals surface area contributed by atoms with Crippen molar-refractivity contribution in [1.29, 1.82) is 0 Å². The minimum Gasteiger partial charge on any atom is -0.467 e. The van der Waals surface area contributed by atoms with Crippen LogP contribution in [-0.2, 0) is 4.79 Å². The van der Waals surface area contributed by atoms with Gasteiger partial charge in [-0.15, -0.1) is 0 Å². The number of nitrogens with one attached hydrogen (secondary N) is 1. The van der Waals surface area contributed by atoms with Crippen molar-refractivity contribution in [3.05, 3.63) is 41.6 Å². The van der Waals surface area contributed by atoms with Crippen molar-refractivity contribution in [3.63, 3.8) is 0 Å². The molecule has 0 spiro atoms. The van der Waals surface area contributed by atoms with Crippen molar-refractivity contribution in [1.82, 2.24) is 15.1 Å². The monoisotopic (exact) mass is 315 g/mol. The summed E-state index contributed by atoms with van der Waals surface area (Å²) in [5, 5.41) is 7.63. The number of carbonyl (C=O) groups is 1. The molecule has 0 saturated heterocycles. The molecule has 2 aromatic heterocycles. The van der Waals surface area contributed by atoms with Crippen molar-refractivity contribution in [2.75, 3.05) is 6.54 Å². The highest BCUT2D eigenvalue weighted by Gasteiger charge is 2.22. The van der Waals surface area contributed by atoms with E-state index in [4.69, 9.17) is 4.42 Å². The van der Waals surface area contributed by atoms with Crippen LogP contribution in [0.1, 0.15) is 55.3 Å². The van der Waals surface area contributed by atoms with E-state index in [1.54, 1.807) is 6.26 Å². The Kier molecular flexibility index (Phi) is 4.84. The van der Waals surface area contributed by atoms with Gasteiger partial charge >= 0.3 is 0 Å². The molecule has 23 heavy (non-hydrogen) atoms. The van der Waals surface area contributed by atoms with Crippen molar-refractivity contribution in [2.24, 2.45) is 5.92 Å². The minimum atomic E-state index is -0.105. The molecule has 1 saturated carbocycles. The number of amides is 1. The molecule has 5 heteroatoms. The van der Waals surface area contributed by atoms with Crippen LogP contribution in [0.4, 0.5) is 0 Å². The zero-order chi connectivity index (χ0) is 16.2. The fourth-order valence-corrected chi connectivity index (χ4v) is 3.51. The highest BCUT2D eigenvalue weighted by Crippen LogP contribution is 2.27. The quantitative estimate of drug-likeness (QED) is 0.889. The summed E-state index contributed by atoms with van der Waals surface area (Å²) < 4.78 is 7.50. The molecule has 0 bridgehead atoms. The Morgan fingerprint density at radius 2 is 2.22 bits per heavy atom. The number of aromatic nitrogens is 2. The second-order valence-electron chi connectivity index (χ2n) is 6.56. The fraction of sp³-hybridized carbons (Fsp3) is 0.556. The Balaban J connectivity index is 1.67. The summed E-state index contributed by atoms with van der Waals surface area (Å²) >= 11 is 0. The van der Waals surface area contributed by atoms with E-state index in [0.717, 1.165) is 17.1 Å². The van der Waals surface area contributed by atoms with Crippen LogP contribution in [0.15, 0.2) is 28.9 Å². The summed E-state index contributed by atoms with van der Waals surface area (Å²) in [6.07, 6.45) is 7.20. The fourth-order valence-electron chi connectivity index (χ4n) is 3.51. The van der Waals surface area contributed by atoms with Crippen LogP contribution in [0.3, 0.4) is 0 Å². The van der Waals surface area contributed by atoms with Crippen LogP contribution in [0.2, 0.25) is 0 Å². The van der Waals surface area contributed by atoms with Gasteiger partial charge in [-0.25, -0.2) is 0 Å². The Labute approximate surface area is 137 Å². The zero-order valence-corrected chi connectivity index (χ0v) is 13.9. The van der Waals surface area contributed by atoms with Crippen molar-refractivity contribution in [2.45, 2.75) is 52.0 Å². The van der Waals surface area contributed by atoms with Gasteiger partial charge in [0.1, 0.15) is 11.8 Å². The first-order chi connectivity index (χ1) is 11.1. The van der Waals surface area contributed by atoms with E-state index in [9.17, 15) is 4.79 Å². The summed E-state index contributed by atoms with van der Waals surface area (Å²) in [7, 11) is 0. The Morgan fingerprint density at radius 3 is 2.83 bits per heavy atom. The maximum Gasteiger partial charge on any atom is 0.220 e. The smallest absolute Gasteiger partial charge is 0.220 e. The number of nitrogens with zero attached hydrogens (tertiary/aromatic N) is 2. The maximum absolute atomic E-state index is 12.2. The van der Waals surface area contributed by atoms with Crippen LogP contribution in [0, 0.1) is 19.8 Å². The lowest BCUT2D eigenvalue weighted by Crippen LogP contribution is -2.32. The van der Waals surface area contributed by atoms with E-state index in [1.165, 1.54) is 25.7 Å². The summed E-state index contributed by atoms with van der Waals surface area (Å²) in [5.74, 6) is 1.51. The second-order valence-corrected chi connectivity index (χ2v) is 6.56. The van der Waals surface area contributed by atoms with Crippen molar-refractivity contribution < 1.29 is 9.21 Å². The first-order valence-electron chi connectivity index (χ1n) is 8.46. The van der Waals surface area contributed by atoms with Gasteiger partial charge in [0, 0.05) is 18.7 Å². The molecule has 2 heterocycles. The molecule has 1 unspecified atom stereocenters. The van der Waals surface area contributed by atoms with Gasteiger partial charge in [-0.1, -0.05) is 12.8 Å². The number of furan rings is 1. The molecule has 2 aromatic rings. The molecule has 1 fully saturated rings. The van der Waals surface area contributed by atoms with Gasteiger partial charge in [0.05, 0.1) is 12.0 Å². The van der Waals surface area contributed by atoms with Crippen LogP contribution in [-0.4, -0.2) is 22.2 Å². The zero-order valence-electron chi connectivity index (χ0n) is 13.9. The minimum absolute atomic E-state index is 0.105. The average Bonchev–Trinajstić information content (AvgIpc) is 3.23. The first kappa shape index (κ1) is 15.8. The summed E-state index contributed by atoms with van der Waals surface area (Å²) in [6.45, 7) is 4.50. The molecule has 1 amide bonds. The van der Waals surface area contributed by atoms with Gasteiger partial charge in [-0.3, -0.25) is 9.48 Å². The third kappa shape index (κ3) is 3.84. The highest BCUT2D eigenvalue weighted by molar-refractivity contribution is 5.76. The lowest BCUT2D eigenvalue weighted by molar-refractivity contribution is -0.122. The Morgan fingerprint density at radius 1 is 1.43 bits per heavy atom. The summed E-state index contributed by atoms with van der Waals surface area (Å²) in [5.41, 5.74) is 2.03. The number of aryl methyl sites for hydroxylation is 2. The van der Waals surface area contributed by atoms with Crippen molar-refractivity contribution >= 4 is 5.91 Å². The molecule has 3 rings (SSSR count). The molecular formula is C18H25N3O2. The summed E-state index contributed by atoms with van der Waals surface area (Å²) in [6, 6.07) is 5.74. The second kappa shape index (κ2) is 7.02. The Hall–Kier alpha value is -2.04. The van der Waals surface area contributed by atoms with Gasteiger partial charge in [0.25, 0.3) is 0 Å². The standard InChI is InChI=1S/C18H25N3O2/c1-13-10-14(2)21(20-13)16(17-8-5-9-23-17)12-19-18(22)11-15-6-3-4-7-15/h5,8-10,15-16H,3-4,6-7,11-12H2,1-2H3,(H,19,22). The third-order valence-electron chi connectivity index (χ3n) is 4.65. The first-order valence-corrected chi connectivity index (χ1v) is 8.46. The molecule has 1 aliphatic rings. The van der Waals surface area contributed by atoms with E-state index in [0.29, 0.717) is 18.9 Å². The predicted octanol–water partition coefficient (Wildman–Crippen LogP) is 3.38. The average molecular weight is 315 g/mol. The number of hydrogen-bond donors (Lipinski definition) is 1. The normalized spacial score (nSPS) is 16.6. The van der Waals surface area contributed by atoms with E-state index in [1.807, 2.05) is 36.7 Å². The molecule has 5 nitrogen and oxygen atoms in total. The van der Waals surface area contributed by atoms with Gasteiger partial charge < -0.3 is 9.73 Å². The Bertz CT molecular complexity index is 639. The predicted molar refractivity (Wildman–Crippen MR) is 88.1 cm³/mol. The lowest BCUT2D eigenvalue weighted by Gasteiger charge is -2.18. The number of carbonyl (C=O) groups excluding carboxylic acids is 1. The lowest BCUT2D eigenvalue weighted by atomic mass is 10.0. The van der Waals surface area contributed by atoms with E-state index in [2.05, 4.69) is 10.4 Å². The van der Waals surface area contributed by atoms with E-state index in [-0.39, 0.29) is 11.9 Å². The summed E-state index contributed by atoms with van der Waals surface area (Å²) in [4.78, 5) is 12.2. The molecule has 1 atom stereocenters. The van der Waals surface area contributed by atoms with E-state index >= 15 is 0 Å². The molecular weight excluding hydrogens is 290 g/mol. The van der Waals surface area contributed by atoms with Crippen LogP contribution in [0.25, 0.3) is 0 Å². The maximum atomic E-state index is 12.2. The molecule has 0 radical (unpaired) electrons. The van der Waals surface area contributed by atoms with Crippen LogP contribution < -0.4 is 5.32 Å². The SMILES string of the molecule is Cc1cc(C)n(C(CNC(=O)CC2CCCC2)c2ccco2)n1. The largest absolute Gasteiger partial charge is 0.467 e. The number of hydrogen-bond acceptors (Lipinski definition) is 3. The molecule has 0 aliphatic heterocycles. The van der Waals surface area contributed by atoms with Gasteiger partial charge in [-0.2, -0.15) is 5.10 Å². The van der Waals surface area contributed by atoms with Gasteiger partial charge in [-0.05, 0) is 50.8 Å². The van der Waals surface area contributed by atoms with Gasteiger partial charge in [0.2, 0.25) is 5.91 Å². The van der Waals surface area contributed by atoms with E-state index < -0.39 is 0 Å². The third-order valence-corrected chi connectivity index (χ3v) is 4.65. The topological polar surface area (TPSA) is 60.1 Å². The highest BCUT2D eigenvalue weighted by atomic mass is 16.3.